The van der Waals surface area contributed by atoms with Crippen molar-refractivity contribution in [2.75, 3.05) is 6.61 Å². The Hall–Kier alpha value is -0.610. The molecule has 0 saturated heterocycles. The second kappa shape index (κ2) is 5.41. The maximum Gasteiger partial charge on any atom is 0.694 e. The summed E-state index contributed by atoms with van der Waals surface area (Å²) in [7, 11) is -3.48. The molecule has 0 saturated carbocycles. The van der Waals surface area contributed by atoms with Crippen LogP contribution in [-0.4, -0.2) is 35.4 Å². The van der Waals surface area contributed by atoms with Crippen molar-refractivity contribution in [2.45, 2.75) is 30.4 Å². The Bertz CT molecular complexity index is 339. The molecule has 1 atom stereocenters. The molecule has 0 fully saturated rings. The monoisotopic (exact) mass is 327 g/mol. The van der Waals surface area contributed by atoms with Crippen LogP contribution in [0.1, 0.15) is 6.42 Å². The lowest BCUT2D eigenvalue weighted by atomic mass is 10.0. The van der Waals surface area contributed by atoms with Crippen LogP contribution in [0.4, 0.5) is 39.5 Å². The van der Waals surface area contributed by atoms with Crippen LogP contribution in [0.15, 0.2) is 0 Å². The van der Waals surface area contributed by atoms with Crippen LogP contribution >= 0.6 is 8.25 Å². The van der Waals surface area contributed by atoms with Crippen molar-refractivity contribution in [1.82, 2.24) is 0 Å². The van der Waals surface area contributed by atoms with Gasteiger partial charge in [0, 0.05) is 11.0 Å². The summed E-state index contributed by atoms with van der Waals surface area (Å²) < 4.78 is 123. The van der Waals surface area contributed by atoms with Crippen molar-refractivity contribution in [3.63, 3.8) is 0 Å². The van der Waals surface area contributed by atoms with Gasteiger partial charge >= 0.3 is 32.2 Å². The van der Waals surface area contributed by atoms with Crippen molar-refractivity contribution in [2.24, 2.45) is 0 Å². The van der Waals surface area contributed by atoms with E-state index in [0.717, 1.165) is 0 Å². The van der Waals surface area contributed by atoms with Gasteiger partial charge in [-0.15, -0.1) is 9.42 Å². The fourth-order valence-corrected chi connectivity index (χ4v) is 1.06. The first kappa shape index (κ1) is 18.4. The molecule has 1 unspecified atom stereocenters. The lowest BCUT2D eigenvalue weighted by molar-refractivity contribution is -0.397. The third-order valence-corrected chi connectivity index (χ3v) is 2.23. The Morgan fingerprint density at radius 1 is 0.895 bits per heavy atom. The fourth-order valence-electron chi connectivity index (χ4n) is 0.817. The average Bonchev–Trinajstić information content (AvgIpc) is 2.14. The molecule has 0 amide bonds. The molecule has 0 aliphatic rings. The van der Waals surface area contributed by atoms with Crippen molar-refractivity contribution in [1.29, 1.82) is 0 Å². The minimum Gasteiger partial charge on any atom is -0.200 e. The lowest BCUT2D eigenvalue weighted by Gasteiger charge is -2.33. The minimum absolute atomic E-state index is 1.61. The average molecular weight is 327 g/mol. The van der Waals surface area contributed by atoms with E-state index in [0.29, 0.717) is 0 Å². The summed E-state index contributed by atoms with van der Waals surface area (Å²) in [5.74, 6) is -19.5. The number of rotatable bonds is 6. The van der Waals surface area contributed by atoms with Gasteiger partial charge in [-0.1, -0.05) is 0 Å². The van der Waals surface area contributed by atoms with Gasteiger partial charge in [-0.2, -0.15) is 39.5 Å². The summed E-state index contributed by atoms with van der Waals surface area (Å²) in [6.07, 6.45) is -9.18. The van der Waals surface area contributed by atoms with Crippen LogP contribution in [0, 0.1) is 0 Å². The van der Waals surface area contributed by atoms with Gasteiger partial charge in [0.15, 0.2) is 0 Å². The largest absolute Gasteiger partial charge is 0.694 e. The van der Waals surface area contributed by atoms with Crippen LogP contribution in [0.2, 0.25) is 0 Å². The smallest absolute Gasteiger partial charge is 0.200 e. The molecule has 0 spiro atoms. The third-order valence-electron chi connectivity index (χ3n) is 1.83. The highest BCUT2D eigenvalue weighted by atomic mass is 31.1. The van der Waals surface area contributed by atoms with Gasteiger partial charge in [0.2, 0.25) is 0 Å². The molecule has 13 heteroatoms. The molecular formula is C6H5F9O3P+. The van der Waals surface area contributed by atoms with E-state index in [1.165, 1.54) is 0 Å². The molecule has 0 aliphatic heterocycles. The lowest BCUT2D eigenvalue weighted by Crippen LogP contribution is -2.61. The molecule has 114 valence electrons. The van der Waals surface area contributed by atoms with Gasteiger partial charge in [-0.25, -0.2) is 0 Å². The summed E-state index contributed by atoms with van der Waals surface area (Å²) >= 11 is 0. The SMILES string of the molecule is O=[P+](O)OCCC(F)(F)C(F)(F)C(F)(F)C(F)(F)F. The summed E-state index contributed by atoms with van der Waals surface area (Å²) in [5, 5.41) is 0. The van der Waals surface area contributed by atoms with Crippen LogP contribution in [0.3, 0.4) is 0 Å². The van der Waals surface area contributed by atoms with Gasteiger partial charge in [-0.05, 0) is 0 Å². The maximum absolute atomic E-state index is 12.7. The summed E-state index contributed by atoms with van der Waals surface area (Å²) in [6, 6.07) is 0. The molecular weight excluding hydrogens is 322 g/mol. The molecule has 3 nitrogen and oxygen atoms in total. The normalized spacial score (nSPS) is 15.6. The zero-order chi connectivity index (χ0) is 15.7. The highest BCUT2D eigenvalue weighted by Gasteiger charge is 2.81. The van der Waals surface area contributed by atoms with Gasteiger partial charge in [0.05, 0.1) is 0 Å². The first-order valence-electron chi connectivity index (χ1n) is 4.16. The van der Waals surface area contributed by atoms with E-state index in [-0.39, 0.29) is 0 Å². The molecule has 0 radical (unpaired) electrons. The van der Waals surface area contributed by atoms with Gasteiger partial charge in [-0.3, -0.25) is 0 Å². The highest BCUT2D eigenvalue weighted by molar-refractivity contribution is 7.32. The van der Waals surface area contributed by atoms with Crippen molar-refractivity contribution in [3.05, 3.63) is 0 Å². The van der Waals surface area contributed by atoms with E-state index in [1.807, 2.05) is 0 Å². The Morgan fingerprint density at radius 3 is 1.63 bits per heavy atom. The topological polar surface area (TPSA) is 46.5 Å². The summed E-state index contributed by atoms with van der Waals surface area (Å²) in [5.41, 5.74) is 0. The number of hydrogen-bond acceptors (Lipinski definition) is 2. The zero-order valence-corrected chi connectivity index (χ0v) is 9.42. The van der Waals surface area contributed by atoms with Crippen molar-refractivity contribution < 1.29 is 53.5 Å². The van der Waals surface area contributed by atoms with Crippen LogP contribution in [-0.2, 0) is 9.09 Å². The quantitative estimate of drug-likeness (QED) is 0.600. The van der Waals surface area contributed by atoms with E-state index >= 15 is 0 Å². The van der Waals surface area contributed by atoms with Crippen molar-refractivity contribution in [3.8, 4) is 0 Å². The Balaban J connectivity index is 5.11. The molecule has 0 aromatic carbocycles. The summed E-state index contributed by atoms with van der Waals surface area (Å²) in [6.45, 7) is -1.61. The predicted octanol–water partition coefficient (Wildman–Crippen LogP) is 3.51. The number of alkyl halides is 9. The molecule has 0 rings (SSSR count). The number of hydrogen-bond donors (Lipinski definition) is 1. The molecule has 0 bridgehead atoms. The minimum atomic E-state index is -6.97. The van der Waals surface area contributed by atoms with Crippen LogP contribution in [0.25, 0.3) is 0 Å². The standard InChI is InChI=1S/C6H4F9O3P/c7-3(8,1-2-18-19(16)17)4(9,10)5(11,12)6(13,14)15/h1-2H2/p+1. The Morgan fingerprint density at radius 2 is 1.32 bits per heavy atom. The molecule has 0 aliphatic carbocycles. The van der Waals surface area contributed by atoms with Crippen LogP contribution < -0.4 is 0 Å². The fraction of sp³-hybridized carbons (Fsp3) is 1.00. The van der Waals surface area contributed by atoms with E-state index in [1.54, 1.807) is 0 Å². The predicted molar refractivity (Wildman–Crippen MR) is 41.3 cm³/mol. The van der Waals surface area contributed by atoms with Crippen molar-refractivity contribution >= 4 is 8.25 Å². The first-order valence-corrected chi connectivity index (χ1v) is 5.29. The maximum atomic E-state index is 12.7. The van der Waals surface area contributed by atoms with E-state index < -0.39 is 45.2 Å². The van der Waals surface area contributed by atoms with Gasteiger partial charge in [0.25, 0.3) is 0 Å². The summed E-state index contributed by atoms with van der Waals surface area (Å²) in [4.78, 5) is 7.97. The Kier molecular flexibility index (Phi) is 5.23. The highest BCUT2D eigenvalue weighted by Crippen LogP contribution is 2.54. The second-order valence-electron chi connectivity index (χ2n) is 3.17. The number of halogens is 9. The van der Waals surface area contributed by atoms with E-state index in [9.17, 15) is 44.1 Å². The molecule has 0 heterocycles. The van der Waals surface area contributed by atoms with Crippen LogP contribution in [0.5, 0.6) is 0 Å². The van der Waals surface area contributed by atoms with Gasteiger partial charge < -0.3 is 0 Å². The zero-order valence-electron chi connectivity index (χ0n) is 8.53. The molecule has 0 aromatic rings. The van der Waals surface area contributed by atoms with E-state index in [2.05, 4.69) is 4.52 Å². The molecule has 0 aromatic heterocycles. The van der Waals surface area contributed by atoms with Gasteiger partial charge in [0.1, 0.15) is 6.61 Å². The molecule has 19 heavy (non-hydrogen) atoms. The third kappa shape index (κ3) is 3.69. The molecule has 1 N–H and O–H groups in total. The Labute approximate surface area is 99.8 Å². The second-order valence-corrected chi connectivity index (χ2v) is 3.91. The van der Waals surface area contributed by atoms with E-state index in [4.69, 9.17) is 4.89 Å². The first-order chi connectivity index (χ1) is 8.17.